The quantitative estimate of drug-likeness (QED) is 0.483. The molecule has 2 aliphatic heterocycles. The summed E-state index contributed by atoms with van der Waals surface area (Å²) in [5.41, 5.74) is 7.17. The van der Waals surface area contributed by atoms with Gasteiger partial charge >= 0.3 is 0 Å². The molecule has 6 nitrogen and oxygen atoms in total. The molecule has 0 saturated heterocycles. The lowest BCUT2D eigenvalue weighted by Crippen LogP contribution is -2.38. The molecule has 0 unspecified atom stereocenters. The van der Waals surface area contributed by atoms with Gasteiger partial charge in [-0.05, 0) is 36.4 Å². The highest BCUT2D eigenvalue weighted by molar-refractivity contribution is 9.10. The van der Waals surface area contributed by atoms with Crippen LogP contribution in [0.1, 0.15) is 11.1 Å². The minimum atomic E-state index is -3.62. The third kappa shape index (κ3) is 4.17. The second kappa shape index (κ2) is 8.37. The van der Waals surface area contributed by atoms with Gasteiger partial charge in [0.15, 0.2) is 0 Å². The van der Waals surface area contributed by atoms with Gasteiger partial charge in [0.1, 0.15) is 17.2 Å². The van der Waals surface area contributed by atoms with Crippen LogP contribution in [0, 0.1) is 0 Å². The molecule has 2 aliphatic rings. The molecular formula is C24H18BrClN4O2S. The highest BCUT2D eigenvalue weighted by Gasteiger charge is 2.37. The first kappa shape index (κ1) is 21.8. The summed E-state index contributed by atoms with van der Waals surface area (Å²) in [6.07, 6.45) is 2.94. The number of nitrogens with one attached hydrogen (secondary N) is 1. The van der Waals surface area contributed by atoms with Crippen LogP contribution in [0.4, 0.5) is 5.69 Å². The summed E-state index contributed by atoms with van der Waals surface area (Å²) in [7, 11) is -3.62. The van der Waals surface area contributed by atoms with Crippen LogP contribution in [0.3, 0.4) is 0 Å². The van der Waals surface area contributed by atoms with Crippen LogP contribution >= 0.6 is 27.5 Å². The van der Waals surface area contributed by atoms with Crippen molar-refractivity contribution in [3.8, 4) is 0 Å². The van der Waals surface area contributed by atoms with E-state index in [1.807, 2.05) is 71.6 Å². The fourth-order valence-electron chi connectivity index (χ4n) is 3.68. The first-order chi connectivity index (χ1) is 15.8. The maximum absolute atomic E-state index is 12.6. The summed E-state index contributed by atoms with van der Waals surface area (Å²) in [6, 6.07) is 24.7. The van der Waals surface area contributed by atoms with Gasteiger partial charge in [-0.2, -0.15) is 4.41 Å². The number of aliphatic imine (C=N–C) groups is 1. The smallest absolute Gasteiger partial charge is 0.249 e. The summed E-state index contributed by atoms with van der Waals surface area (Å²) in [5.74, 6) is 0.661. The SMILES string of the molecule is CS(=O)(=O)N1NC(c2ccccc2)=C2N=C(c3ccc(Br)cc3)N(c3ccc(Cl)cc3)C=C21. The van der Waals surface area contributed by atoms with E-state index in [1.165, 1.54) is 0 Å². The zero-order chi connectivity index (χ0) is 23.2. The Balaban J connectivity index is 1.75. The molecule has 9 heteroatoms. The van der Waals surface area contributed by atoms with Crippen molar-refractivity contribution in [3.63, 3.8) is 0 Å². The molecule has 2 heterocycles. The average Bonchev–Trinajstić information content (AvgIpc) is 3.19. The summed E-state index contributed by atoms with van der Waals surface area (Å²) < 4.78 is 27.4. The Morgan fingerprint density at radius 3 is 2.21 bits per heavy atom. The van der Waals surface area contributed by atoms with Crippen molar-refractivity contribution in [3.05, 3.63) is 117 Å². The van der Waals surface area contributed by atoms with Crippen LogP contribution in [0.5, 0.6) is 0 Å². The monoisotopic (exact) mass is 540 g/mol. The minimum absolute atomic E-state index is 0.437. The van der Waals surface area contributed by atoms with Gasteiger partial charge in [0.2, 0.25) is 10.0 Å². The van der Waals surface area contributed by atoms with Gasteiger partial charge < -0.3 is 0 Å². The normalized spacial score (nSPS) is 15.7. The summed E-state index contributed by atoms with van der Waals surface area (Å²) in [5, 5.41) is 0.609. The molecule has 166 valence electrons. The highest BCUT2D eigenvalue weighted by Crippen LogP contribution is 2.38. The van der Waals surface area contributed by atoms with Crippen molar-refractivity contribution in [1.82, 2.24) is 9.84 Å². The molecule has 0 amide bonds. The molecule has 0 saturated carbocycles. The Morgan fingerprint density at radius 1 is 0.909 bits per heavy atom. The zero-order valence-corrected chi connectivity index (χ0v) is 20.6. The summed E-state index contributed by atoms with van der Waals surface area (Å²) >= 11 is 9.59. The van der Waals surface area contributed by atoms with E-state index in [4.69, 9.17) is 16.6 Å². The number of anilines is 1. The number of benzene rings is 3. The van der Waals surface area contributed by atoms with Gasteiger partial charge in [-0.3, -0.25) is 10.3 Å². The van der Waals surface area contributed by atoms with Crippen LogP contribution < -0.4 is 10.3 Å². The fourth-order valence-corrected chi connectivity index (χ4v) is 4.82. The lowest BCUT2D eigenvalue weighted by atomic mass is 10.1. The van der Waals surface area contributed by atoms with Crippen molar-refractivity contribution in [2.24, 2.45) is 4.99 Å². The molecule has 33 heavy (non-hydrogen) atoms. The highest BCUT2D eigenvalue weighted by atomic mass is 79.9. The Morgan fingerprint density at radius 2 is 1.58 bits per heavy atom. The van der Waals surface area contributed by atoms with Crippen LogP contribution in [0.2, 0.25) is 5.02 Å². The van der Waals surface area contributed by atoms with E-state index < -0.39 is 10.0 Å². The first-order valence-electron chi connectivity index (χ1n) is 9.99. The molecule has 5 rings (SSSR count). The molecule has 0 aromatic heterocycles. The second-order valence-corrected chi connectivity index (χ2v) is 10.7. The van der Waals surface area contributed by atoms with Crippen LogP contribution in [-0.4, -0.2) is 24.9 Å². The maximum atomic E-state index is 12.6. The molecule has 0 fully saturated rings. The van der Waals surface area contributed by atoms with E-state index in [-0.39, 0.29) is 0 Å². The second-order valence-electron chi connectivity index (χ2n) is 7.53. The van der Waals surface area contributed by atoms with Gasteiger partial charge in [0.05, 0.1) is 12.0 Å². The third-order valence-electron chi connectivity index (χ3n) is 5.21. The number of halogens is 2. The van der Waals surface area contributed by atoms with E-state index in [1.54, 1.807) is 18.3 Å². The number of nitrogens with zero attached hydrogens (tertiary/aromatic N) is 3. The van der Waals surface area contributed by atoms with E-state index in [2.05, 4.69) is 21.4 Å². The molecule has 0 bridgehead atoms. The van der Waals surface area contributed by atoms with Gasteiger partial charge in [-0.25, -0.2) is 13.4 Å². The minimum Gasteiger partial charge on any atom is -0.299 e. The van der Waals surface area contributed by atoms with Crippen molar-refractivity contribution < 1.29 is 8.42 Å². The van der Waals surface area contributed by atoms with Crippen molar-refractivity contribution >= 4 is 54.8 Å². The lowest BCUT2D eigenvalue weighted by Gasteiger charge is -2.29. The maximum Gasteiger partial charge on any atom is 0.249 e. The third-order valence-corrected chi connectivity index (χ3v) is 6.94. The number of hydrogen-bond acceptors (Lipinski definition) is 5. The Labute approximate surface area is 205 Å². The molecule has 0 radical (unpaired) electrons. The summed E-state index contributed by atoms with van der Waals surface area (Å²) in [4.78, 5) is 6.85. The van der Waals surface area contributed by atoms with Gasteiger partial charge in [-0.1, -0.05) is 70.0 Å². The van der Waals surface area contributed by atoms with Crippen LogP contribution in [0.25, 0.3) is 5.70 Å². The van der Waals surface area contributed by atoms with Crippen LogP contribution in [0.15, 0.2) is 106 Å². The number of fused-ring (bicyclic) bond motifs is 1. The molecular weight excluding hydrogens is 524 g/mol. The zero-order valence-electron chi connectivity index (χ0n) is 17.4. The van der Waals surface area contributed by atoms with Crippen molar-refractivity contribution in [2.75, 3.05) is 11.2 Å². The molecule has 0 aliphatic carbocycles. The molecule has 3 aromatic rings. The van der Waals surface area contributed by atoms with Gasteiger partial charge in [0.25, 0.3) is 0 Å². The molecule has 0 atom stereocenters. The van der Waals surface area contributed by atoms with Crippen LogP contribution in [-0.2, 0) is 10.0 Å². The average molecular weight is 542 g/mol. The summed E-state index contributed by atoms with van der Waals surface area (Å²) in [6.45, 7) is 0. The molecule has 0 spiro atoms. The van der Waals surface area contributed by atoms with E-state index in [0.29, 0.717) is 27.9 Å². The fraction of sp³-hybridized carbons (Fsp3) is 0.0417. The van der Waals surface area contributed by atoms with E-state index in [0.717, 1.165) is 32.0 Å². The molecule has 1 N–H and O–H groups in total. The number of hydrogen-bond donors (Lipinski definition) is 1. The van der Waals surface area contributed by atoms with Crippen molar-refractivity contribution in [2.45, 2.75) is 0 Å². The predicted molar refractivity (Wildman–Crippen MR) is 136 cm³/mol. The Hall–Kier alpha value is -3.07. The number of sulfonamides is 1. The number of rotatable bonds is 4. The topological polar surface area (TPSA) is 65.0 Å². The number of amidine groups is 1. The van der Waals surface area contributed by atoms with Gasteiger partial charge in [-0.15, -0.1) is 0 Å². The number of hydrazine groups is 1. The van der Waals surface area contributed by atoms with E-state index in [9.17, 15) is 8.42 Å². The Kier molecular flexibility index (Phi) is 5.52. The lowest BCUT2D eigenvalue weighted by molar-refractivity contribution is 0.462. The van der Waals surface area contributed by atoms with E-state index >= 15 is 0 Å². The van der Waals surface area contributed by atoms with Crippen molar-refractivity contribution in [1.29, 1.82) is 0 Å². The molecule has 3 aromatic carbocycles. The predicted octanol–water partition coefficient (Wildman–Crippen LogP) is 5.36. The standard InChI is InChI=1S/C24H18BrClN4O2S/c1-33(31,32)30-21-15-29(20-13-11-19(26)12-14-20)24(17-7-9-18(25)10-8-17)27-23(21)22(28-30)16-5-3-2-4-6-16/h2-15,28H,1H3. The first-order valence-corrected chi connectivity index (χ1v) is 13.0. The largest absolute Gasteiger partial charge is 0.299 e. The Bertz CT molecular complexity index is 1420. The van der Waals surface area contributed by atoms with Gasteiger partial charge in [0, 0.05) is 32.5 Å².